The minimum Gasteiger partial charge on any atom is -0.480 e. The van der Waals surface area contributed by atoms with Crippen molar-refractivity contribution in [1.82, 2.24) is 10.6 Å². The molecule has 8 heteroatoms. The van der Waals surface area contributed by atoms with Gasteiger partial charge in [0.15, 0.2) is 11.5 Å². The third kappa shape index (κ3) is 5.72. The van der Waals surface area contributed by atoms with E-state index in [9.17, 15) is 19.5 Å². The summed E-state index contributed by atoms with van der Waals surface area (Å²) in [6, 6.07) is 20.6. The molecule has 1 heterocycles. The van der Waals surface area contributed by atoms with Gasteiger partial charge in [0, 0.05) is 18.4 Å². The lowest BCUT2D eigenvalue weighted by Gasteiger charge is -2.22. The molecule has 3 N–H and O–H groups in total. The first-order chi connectivity index (χ1) is 16.5. The summed E-state index contributed by atoms with van der Waals surface area (Å²) in [5.41, 5.74) is 1.90. The van der Waals surface area contributed by atoms with Gasteiger partial charge in [-0.05, 0) is 35.4 Å². The van der Waals surface area contributed by atoms with Gasteiger partial charge in [-0.3, -0.25) is 9.59 Å². The molecule has 2 amide bonds. The number of hydrogen-bond acceptors (Lipinski definition) is 5. The third-order valence-corrected chi connectivity index (χ3v) is 5.43. The molecule has 174 valence electrons. The van der Waals surface area contributed by atoms with Gasteiger partial charge in [-0.25, -0.2) is 4.79 Å². The highest BCUT2D eigenvalue weighted by Gasteiger charge is 2.28. The summed E-state index contributed by atoms with van der Waals surface area (Å²) in [5.74, 6) is -1.03. The molecule has 0 saturated heterocycles. The molecule has 34 heavy (non-hydrogen) atoms. The fraction of sp³-hybridized carbons (Fsp3) is 0.192. The van der Waals surface area contributed by atoms with Gasteiger partial charge in [-0.15, -0.1) is 0 Å². The number of rotatable bonds is 9. The van der Waals surface area contributed by atoms with Crippen LogP contribution in [0.4, 0.5) is 0 Å². The summed E-state index contributed by atoms with van der Waals surface area (Å²) in [4.78, 5) is 37.9. The molecule has 0 aromatic heterocycles. The van der Waals surface area contributed by atoms with E-state index in [1.54, 1.807) is 72.8 Å². The van der Waals surface area contributed by atoms with Crippen LogP contribution in [0.25, 0.3) is 0 Å². The number of ether oxygens (including phenoxy) is 2. The fourth-order valence-corrected chi connectivity index (χ4v) is 3.67. The average molecular weight is 460 g/mol. The van der Waals surface area contributed by atoms with Gasteiger partial charge >= 0.3 is 5.97 Å². The average Bonchev–Trinajstić information content (AvgIpc) is 3.32. The maximum absolute atomic E-state index is 13.2. The Kier molecular flexibility index (Phi) is 7.07. The molecule has 2 atom stereocenters. The van der Waals surface area contributed by atoms with Gasteiger partial charge < -0.3 is 25.2 Å². The van der Waals surface area contributed by atoms with Gasteiger partial charge in [0.2, 0.25) is 12.7 Å². The molecule has 4 rings (SSSR count). The molecule has 0 unspecified atom stereocenters. The zero-order valence-electron chi connectivity index (χ0n) is 18.3. The summed E-state index contributed by atoms with van der Waals surface area (Å²) in [6.45, 7) is 0.118. The van der Waals surface area contributed by atoms with E-state index in [0.717, 1.165) is 11.1 Å². The van der Waals surface area contributed by atoms with E-state index in [-0.39, 0.29) is 19.6 Å². The Balaban J connectivity index is 1.53. The predicted molar refractivity (Wildman–Crippen MR) is 124 cm³/mol. The van der Waals surface area contributed by atoms with Crippen molar-refractivity contribution >= 4 is 17.8 Å². The number of fused-ring (bicyclic) bond motifs is 1. The third-order valence-electron chi connectivity index (χ3n) is 5.43. The maximum atomic E-state index is 13.2. The van der Waals surface area contributed by atoms with Crippen molar-refractivity contribution in [1.29, 1.82) is 0 Å². The molecule has 8 nitrogen and oxygen atoms in total. The number of carbonyl (C=O) groups is 3. The monoisotopic (exact) mass is 460 g/mol. The van der Waals surface area contributed by atoms with Crippen LogP contribution in [0.3, 0.4) is 0 Å². The lowest BCUT2D eigenvalue weighted by atomic mass is 10.0. The quantitative estimate of drug-likeness (QED) is 0.452. The van der Waals surface area contributed by atoms with Gasteiger partial charge in [0.05, 0.1) is 0 Å². The van der Waals surface area contributed by atoms with E-state index in [4.69, 9.17) is 9.47 Å². The van der Waals surface area contributed by atoms with Crippen LogP contribution in [0, 0.1) is 0 Å². The van der Waals surface area contributed by atoms with Gasteiger partial charge in [0.1, 0.15) is 12.1 Å². The number of hydrogen-bond donors (Lipinski definition) is 3. The van der Waals surface area contributed by atoms with E-state index in [2.05, 4.69) is 10.6 Å². The van der Waals surface area contributed by atoms with Crippen LogP contribution in [0.15, 0.2) is 78.9 Å². The van der Waals surface area contributed by atoms with Crippen LogP contribution in [-0.2, 0) is 22.4 Å². The van der Waals surface area contributed by atoms with Crippen molar-refractivity contribution in [3.63, 3.8) is 0 Å². The first-order valence-corrected chi connectivity index (χ1v) is 10.8. The molecule has 1 aliphatic rings. The standard InChI is InChI=1S/C26H24N2O6/c29-24(19-9-5-2-6-10-19)27-20(14-18-11-12-22-23(15-18)34-16-33-22)25(30)28-21(26(31)32)13-17-7-3-1-4-8-17/h1-12,15,20-21H,13-14,16H2,(H,27,29)(H,28,30)(H,31,32)/t20-,21-/m1/s1. The molecule has 0 saturated carbocycles. The lowest BCUT2D eigenvalue weighted by molar-refractivity contribution is -0.142. The van der Waals surface area contributed by atoms with Crippen molar-refractivity contribution < 1.29 is 29.0 Å². The second-order valence-corrected chi connectivity index (χ2v) is 7.87. The Morgan fingerprint density at radius 1 is 0.765 bits per heavy atom. The fourth-order valence-electron chi connectivity index (χ4n) is 3.67. The molecule has 0 aliphatic carbocycles. The van der Waals surface area contributed by atoms with Crippen LogP contribution < -0.4 is 20.1 Å². The Bertz CT molecular complexity index is 1170. The Labute approximate surface area is 196 Å². The molecule has 0 spiro atoms. The van der Waals surface area contributed by atoms with Crippen molar-refractivity contribution in [2.75, 3.05) is 6.79 Å². The minimum absolute atomic E-state index is 0.116. The highest BCUT2D eigenvalue weighted by molar-refractivity contribution is 5.98. The molecule has 3 aromatic rings. The largest absolute Gasteiger partial charge is 0.480 e. The predicted octanol–water partition coefficient (Wildman–Crippen LogP) is 2.57. The molecule has 3 aromatic carbocycles. The van der Waals surface area contributed by atoms with Crippen molar-refractivity contribution in [2.24, 2.45) is 0 Å². The van der Waals surface area contributed by atoms with Gasteiger partial charge in [0.25, 0.3) is 5.91 Å². The summed E-state index contributed by atoms with van der Waals surface area (Å²) < 4.78 is 10.7. The van der Waals surface area contributed by atoms with Gasteiger partial charge in [-0.2, -0.15) is 0 Å². The van der Waals surface area contributed by atoms with E-state index in [0.29, 0.717) is 17.1 Å². The number of carbonyl (C=O) groups excluding carboxylic acids is 2. The molecular formula is C26H24N2O6. The first-order valence-electron chi connectivity index (χ1n) is 10.8. The zero-order valence-corrected chi connectivity index (χ0v) is 18.3. The molecule has 0 radical (unpaired) electrons. The van der Waals surface area contributed by atoms with E-state index in [1.165, 1.54) is 0 Å². The molecule has 1 aliphatic heterocycles. The van der Waals surface area contributed by atoms with Crippen LogP contribution in [0.1, 0.15) is 21.5 Å². The minimum atomic E-state index is -1.16. The summed E-state index contributed by atoms with van der Waals surface area (Å²) in [7, 11) is 0. The van der Waals surface area contributed by atoms with Crippen LogP contribution in [-0.4, -0.2) is 41.8 Å². The van der Waals surface area contributed by atoms with E-state index >= 15 is 0 Å². The summed E-state index contributed by atoms with van der Waals surface area (Å²) in [6.07, 6.45) is 0.254. The normalized spacial score (nSPS) is 13.5. The topological polar surface area (TPSA) is 114 Å². The van der Waals surface area contributed by atoms with Crippen LogP contribution in [0.2, 0.25) is 0 Å². The van der Waals surface area contributed by atoms with E-state index in [1.807, 2.05) is 6.07 Å². The maximum Gasteiger partial charge on any atom is 0.326 e. The van der Waals surface area contributed by atoms with Crippen molar-refractivity contribution in [3.8, 4) is 11.5 Å². The number of carboxylic acid groups (broad SMARTS) is 1. The SMILES string of the molecule is O=C(N[C@H](Cc1ccc2c(c1)OCO2)C(=O)N[C@H](Cc1ccccc1)C(=O)O)c1ccccc1. The van der Waals surface area contributed by atoms with Crippen molar-refractivity contribution in [3.05, 3.63) is 95.6 Å². The number of aliphatic carboxylic acids is 1. The molecule has 0 bridgehead atoms. The molecular weight excluding hydrogens is 436 g/mol. The van der Waals surface area contributed by atoms with Crippen LogP contribution >= 0.6 is 0 Å². The smallest absolute Gasteiger partial charge is 0.326 e. The van der Waals surface area contributed by atoms with E-state index < -0.39 is 29.9 Å². The lowest BCUT2D eigenvalue weighted by Crippen LogP contribution is -2.53. The van der Waals surface area contributed by atoms with Crippen molar-refractivity contribution in [2.45, 2.75) is 24.9 Å². The number of nitrogens with one attached hydrogen (secondary N) is 2. The number of benzene rings is 3. The highest BCUT2D eigenvalue weighted by atomic mass is 16.7. The summed E-state index contributed by atoms with van der Waals surface area (Å²) >= 11 is 0. The number of carboxylic acids is 1. The summed E-state index contributed by atoms with van der Waals surface area (Å²) in [5, 5.41) is 15.0. The Morgan fingerprint density at radius 2 is 1.41 bits per heavy atom. The van der Waals surface area contributed by atoms with Gasteiger partial charge in [-0.1, -0.05) is 54.6 Å². The highest BCUT2D eigenvalue weighted by Crippen LogP contribution is 2.32. The Hall–Kier alpha value is -4.33. The second-order valence-electron chi connectivity index (χ2n) is 7.87. The van der Waals surface area contributed by atoms with Crippen LogP contribution in [0.5, 0.6) is 11.5 Å². The molecule has 0 fully saturated rings. The second kappa shape index (κ2) is 10.5. The zero-order chi connectivity index (χ0) is 23.9. The number of amides is 2. The Morgan fingerprint density at radius 3 is 2.12 bits per heavy atom. The first kappa shape index (κ1) is 22.8.